The van der Waals surface area contributed by atoms with Crippen LogP contribution >= 0.6 is 11.8 Å². The zero-order valence-electron chi connectivity index (χ0n) is 13.7. The van der Waals surface area contributed by atoms with E-state index in [4.69, 9.17) is 4.42 Å². The van der Waals surface area contributed by atoms with Gasteiger partial charge in [-0.05, 0) is 18.2 Å². The van der Waals surface area contributed by atoms with Crippen LogP contribution < -0.4 is 5.32 Å². The first-order valence-electron chi connectivity index (χ1n) is 7.88. The van der Waals surface area contributed by atoms with E-state index in [0.717, 1.165) is 40.4 Å². The molecule has 0 saturated carbocycles. The molecule has 6 nitrogen and oxygen atoms in total. The number of rotatable bonds is 5. The van der Waals surface area contributed by atoms with Crippen molar-refractivity contribution in [1.29, 1.82) is 0 Å². The molecule has 0 atom stereocenters. The highest BCUT2D eigenvalue weighted by Crippen LogP contribution is 2.29. The molecule has 0 aliphatic rings. The minimum atomic E-state index is -0.840. The average Bonchev–Trinajstić information content (AvgIpc) is 3.29. The molecule has 4 aromatic rings. The zero-order valence-corrected chi connectivity index (χ0v) is 14.5. The van der Waals surface area contributed by atoms with Crippen LogP contribution in [-0.2, 0) is 4.79 Å². The Bertz CT molecular complexity index is 1130. The molecule has 1 amide bonds. The van der Waals surface area contributed by atoms with Gasteiger partial charge >= 0.3 is 0 Å². The highest BCUT2D eigenvalue weighted by atomic mass is 32.2. The summed E-state index contributed by atoms with van der Waals surface area (Å²) in [6.07, 6.45) is 1.77. The maximum absolute atomic E-state index is 13.6. The van der Waals surface area contributed by atoms with Gasteiger partial charge in [0.05, 0.1) is 17.0 Å². The minimum absolute atomic E-state index is 0.0632. The first kappa shape index (κ1) is 17.2. The molecular formula is C18H12F2N4O2S. The number of nitrogens with one attached hydrogen (secondary N) is 2. The summed E-state index contributed by atoms with van der Waals surface area (Å²) in [7, 11) is 0. The molecule has 2 heterocycles. The van der Waals surface area contributed by atoms with Crippen LogP contribution in [0.25, 0.3) is 22.4 Å². The molecule has 0 spiro atoms. The van der Waals surface area contributed by atoms with Gasteiger partial charge in [-0.3, -0.25) is 4.79 Å². The second kappa shape index (κ2) is 7.20. The zero-order chi connectivity index (χ0) is 18.8. The number of aromatic nitrogens is 3. The first-order chi connectivity index (χ1) is 13.1. The Balaban J connectivity index is 1.41. The van der Waals surface area contributed by atoms with E-state index in [2.05, 4.69) is 20.5 Å². The number of hydrogen-bond acceptors (Lipinski definition) is 5. The predicted molar refractivity (Wildman–Crippen MR) is 97.3 cm³/mol. The van der Waals surface area contributed by atoms with Crippen molar-refractivity contribution in [3.63, 3.8) is 0 Å². The van der Waals surface area contributed by atoms with E-state index in [-0.39, 0.29) is 16.7 Å². The van der Waals surface area contributed by atoms with Gasteiger partial charge < -0.3 is 14.7 Å². The number of fused-ring (bicyclic) bond motifs is 1. The van der Waals surface area contributed by atoms with Gasteiger partial charge in [0.15, 0.2) is 0 Å². The van der Waals surface area contributed by atoms with Crippen molar-refractivity contribution in [2.45, 2.75) is 5.22 Å². The predicted octanol–water partition coefficient (Wildman–Crippen LogP) is 4.23. The third kappa shape index (κ3) is 3.68. The fourth-order valence-corrected chi connectivity index (χ4v) is 3.09. The third-order valence-electron chi connectivity index (χ3n) is 3.76. The fourth-order valence-electron chi connectivity index (χ4n) is 2.53. The number of para-hydroxylation sites is 1. The van der Waals surface area contributed by atoms with Gasteiger partial charge in [-0.25, -0.2) is 8.78 Å². The molecule has 4 rings (SSSR count). The number of anilines is 1. The quantitative estimate of drug-likeness (QED) is 0.502. The van der Waals surface area contributed by atoms with Gasteiger partial charge in [-0.1, -0.05) is 30.0 Å². The van der Waals surface area contributed by atoms with Crippen molar-refractivity contribution in [3.05, 3.63) is 60.3 Å². The molecule has 0 bridgehead atoms. The Morgan fingerprint density at radius 1 is 1.19 bits per heavy atom. The molecule has 0 aliphatic heterocycles. The molecule has 0 aliphatic carbocycles. The van der Waals surface area contributed by atoms with E-state index in [1.807, 2.05) is 24.3 Å². The molecule has 0 fully saturated rings. The summed E-state index contributed by atoms with van der Waals surface area (Å²) >= 11 is 1.02. The van der Waals surface area contributed by atoms with Crippen molar-refractivity contribution in [2.24, 2.45) is 0 Å². The van der Waals surface area contributed by atoms with Crippen LogP contribution in [-0.4, -0.2) is 26.8 Å². The SMILES string of the molecule is O=C(CSc1nnc(-c2c[nH]c3ccccc23)o1)Nc1ccc(F)cc1F. The van der Waals surface area contributed by atoms with Gasteiger partial charge in [-0.2, -0.15) is 0 Å². The van der Waals surface area contributed by atoms with Crippen molar-refractivity contribution >= 4 is 34.3 Å². The van der Waals surface area contributed by atoms with Crippen LogP contribution in [0.2, 0.25) is 0 Å². The van der Waals surface area contributed by atoms with Crippen LogP contribution in [0.4, 0.5) is 14.5 Å². The normalized spacial score (nSPS) is 11.0. The number of amides is 1. The molecule has 0 radical (unpaired) electrons. The van der Waals surface area contributed by atoms with Crippen LogP contribution in [0.15, 0.2) is 58.3 Å². The molecule has 136 valence electrons. The number of halogens is 2. The maximum atomic E-state index is 13.6. The second-order valence-corrected chi connectivity index (χ2v) is 6.51. The Hall–Kier alpha value is -3.20. The summed E-state index contributed by atoms with van der Waals surface area (Å²) in [6.45, 7) is 0. The summed E-state index contributed by atoms with van der Waals surface area (Å²) in [4.78, 5) is 15.1. The number of hydrogen-bond donors (Lipinski definition) is 2. The lowest BCUT2D eigenvalue weighted by molar-refractivity contribution is -0.113. The molecule has 0 saturated heterocycles. The van der Waals surface area contributed by atoms with Crippen molar-refractivity contribution < 1.29 is 18.0 Å². The molecular weight excluding hydrogens is 374 g/mol. The summed E-state index contributed by atoms with van der Waals surface area (Å²) in [5.41, 5.74) is 1.62. The second-order valence-electron chi connectivity index (χ2n) is 5.58. The Morgan fingerprint density at radius 2 is 2.04 bits per heavy atom. The standard InChI is InChI=1S/C18H12F2N4O2S/c19-10-5-6-15(13(20)7-10)22-16(25)9-27-18-24-23-17(26-18)12-8-21-14-4-2-1-3-11(12)14/h1-8,21H,9H2,(H,22,25). The summed E-state index contributed by atoms with van der Waals surface area (Å²) in [5.74, 6) is -1.76. The summed E-state index contributed by atoms with van der Waals surface area (Å²) < 4.78 is 32.0. The largest absolute Gasteiger partial charge is 0.411 e. The molecule has 2 aromatic heterocycles. The van der Waals surface area contributed by atoms with Gasteiger partial charge in [-0.15, -0.1) is 10.2 Å². The van der Waals surface area contributed by atoms with E-state index in [0.29, 0.717) is 12.0 Å². The van der Waals surface area contributed by atoms with Gasteiger partial charge in [0, 0.05) is 23.2 Å². The number of carbonyl (C=O) groups excluding carboxylic acids is 1. The lowest BCUT2D eigenvalue weighted by Crippen LogP contribution is -2.15. The number of H-pyrrole nitrogens is 1. The monoisotopic (exact) mass is 386 g/mol. The van der Waals surface area contributed by atoms with Gasteiger partial charge in [0.1, 0.15) is 11.6 Å². The molecule has 9 heteroatoms. The third-order valence-corrected chi connectivity index (χ3v) is 4.58. The van der Waals surface area contributed by atoms with Crippen molar-refractivity contribution in [1.82, 2.24) is 15.2 Å². The van der Waals surface area contributed by atoms with Crippen LogP contribution in [0.1, 0.15) is 0 Å². The Morgan fingerprint density at radius 3 is 2.89 bits per heavy atom. The van der Waals surface area contributed by atoms with E-state index in [9.17, 15) is 13.6 Å². The number of aromatic amines is 1. The smallest absolute Gasteiger partial charge is 0.277 e. The first-order valence-corrected chi connectivity index (χ1v) is 8.86. The number of nitrogens with zero attached hydrogens (tertiary/aromatic N) is 2. The number of carbonyl (C=O) groups is 1. The minimum Gasteiger partial charge on any atom is -0.411 e. The lowest BCUT2D eigenvalue weighted by Gasteiger charge is -2.05. The highest BCUT2D eigenvalue weighted by molar-refractivity contribution is 7.99. The summed E-state index contributed by atoms with van der Waals surface area (Å²) in [6, 6.07) is 10.6. The molecule has 2 aromatic carbocycles. The van der Waals surface area contributed by atoms with Crippen molar-refractivity contribution in [2.75, 3.05) is 11.1 Å². The Kier molecular flexibility index (Phi) is 4.59. The van der Waals surface area contributed by atoms with Gasteiger partial charge in [0.25, 0.3) is 11.1 Å². The van der Waals surface area contributed by atoms with Gasteiger partial charge in [0.2, 0.25) is 5.91 Å². The van der Waals surface area contributed by atoms with Crippen molar-refractivity contribution in [3.8, 4) is 11.5 Å². The van der Waals surface area contributed by atoms with Crippen LogP contribution in [0.5, 0.6) is 0 Å². The van der Waals surface area contributed by atoms with E-state index < -0.39 is 17.5 Å². The fraction of sp³-hybridized carbons (Fsp3) is 0.0556. The lowest BCUT2D eigenvalue weighted by atomic mass is 10.2. The van der Waals surface area contributed by atoms with E-state index in [1.54, 1.807) is 6.20 Å². The van der Waals surface area contributed by atoms with E-state index >= 15 is 0 Å². The summed E-state index contributed by atoms with van der Waals surface area (Å²) in [5, 5.41) is 11.4. The molecule has 27 heavy (non-hydrogen) atoms. The number of thioether (sulfide) groups is 1. The molecule has 0 unspecified atom stereocenters. The maximum Gasteiger partial charge on any atom is 0.277 e. The Labute approximate surface area is 156 Å². The van der Waals surface area contributed by atoms with E-state index in [1.165, 1.54) is 0 Å². The topological polar surface area (TPSA) is 83.8 Å². The van der Waals surface area contributed by atoms with Crippen LogP contribution in [0.3, 0.4) is 0 Å². The highest BCUT2D eigenvalue weighted by Gasteiger charge is 2.15. The molecule has 2 N–H and O–H groups in total. The average molecular weight is 386 g/mol. The number of benzene rings is 2. The van der Waals surface area contributed by atoms with Crippen LogP contribution in [0, 0.1) is 11.6 Å².